The number of carboxylic acids is 1. The van der Waals surface area contributed by atoms with Crippen molar-refractivity contribution in [1.82, 2.24) is 5.32 Å². The van der Waals surface area contributed by atoms with Crippen molar-refractivity contribution in [3.05, 3.63) is 20.3 Å². The molecule has 0 bridgehead atoms. The molecule has 1 saturated carbocycles. The van der Waals surface area contributed by atoms with Crippen molar-refractivity contribution in [2.45, 2.75) is 32.6 Å². The number of amides is 1. The molecule has 104 valence electrons. The van der Waals surface area contributed by atoms with Crippen LogP contribution in [0, 0.1) is 12.3 Å². The van der Waals surface area contributed by atoms with E-state index in [0.717, 1.165) is 28.6 Å². The van der Waals surface area contributed by atoms with E-state index in [1.807, 2.05) is 13.0 Å². The van der Waals surface area contributed by atoms with Crippen LogP contribution in [0.15, 0.2) is 9.85 Å². The molecule has 1 aromatic heterocycles. The molecule has 6 heteroatoms. The van der Waals surface area contributed by atoms with Crippen LogP contribution < -0.4 is 5.32 Å². The zero-order chi connectivity index (χ0) is 14.0. The monoisotopic (exact) mass is 345 g/mol. The first-order chi connectivity index (χ1) is 8.92. The maximum absolute atomic E-state index is 12.0. The molecule has 0 saturated heterocycles. The van der Waals surface area contributed by atoms with Gasteiger partial charge in [-0.2, -0.15) is 0 Å². The Bertz CT molecular complexity index is 488. The van der Waals surface area contributed by atoms with Crippen molar-refractivity contribution in [3.8, 4) is 0 Å². The molecule has 19 heavy (non-hydrogen) atoms. The van der Waals surface area contributed by atoms with Gasteiger partial charge in [-0.3, -0.25) is 9.59 Å². The topological polar surface area (TPSA) is 66.4 Å². The molecule has 1 fully saturated rings. The Kier molecular flexibility index (Phi) is 4.30. The van der Waals surface area contributed by atoms with Crippen molar-refractivity contribution in [1.29, 1.82) is 0 Å². The predicted octanol–water partition coefficient (Wildman–Crippen LogP) is 3.19. The number of thiophene rings is 1. The second kappa shape index (κ2) is 5.63. The fraction of sp³-hybridized carbons (Fsp3) is 0.538. The van der Waals surface area contributed by atoms with Crippen LogP contribution in [0.2, 0.25) is 0 Å². The molecule has 1 aliphatic rings. The highest BCUT2D eigenvalue weighted by atomic mass is 79.9. The van der Waals surface area contributed by atoms with Gasteiger partial charge in [0.1, 0.15) is 0 Å². The van der Waals surface area contributed by atoms with E-state index in [2.05, 4.69) is 21.2 Å². The molecular formula is C13H16BrNO3S. The van der Waals surface area contributed by atoms with Crippen molar-refractivity contribution < 1.29 is 14.7 Å². The van der Waals surface area contributed by atoms with Gasteiger partial charge in [-0.25, -0.2) is 0 Å². The molecule has 2 N–H and O–H groups in total. The number of carbonyl (C=O) groups is 2. The zero-order valence-electron chi connectivity index (χ0n) is 10.7. The highest BCUT2D eigenvalue weighted by molar-refractivity contribution is 9.11. The first kappa shape index (κ1) is 14.5. The fourth-order valence-corrected chi connectivity index (χ4v) is 3.79. The smallest absolute Gasteiger partial charge is 0.303 e. The van der Waals surface area contributed by atoms with E-state index in [1.54, 1.807) is 0 Å². The Morgan fingerprint density at radius 3 is 2.63 bits per heavy atom. The highest BCUT2D eigenvalue weighted by Crippen LogP contribution is 2.43. The molecule has 4 nitrogen and oxygen atoms in total. The van der Waals surface area contributed by atoms with E-state index in [0.29, 0.717) is 11.4 Å². The third-order valence-corrected chi connectivity index (χ3v) is 5.78. The predicted molar refractivity (Wildman–Crippen MR) is 77.6 cm³/mol. The van der Waals surface area contributed by atoms with E-state index in [4.69, 9.17) is 5.11 Å². The number of hydrogen-bond donors (Lipinski definition) is 2. The second-order valence-corrected chi connectivity index (χ2v) is 7.54. The Morgan fingerprint density at radius 1 is 1.53 bits per heavy atom. The maximum Gasteiger partial charge on any atom is 0.303 e. The number of carboxylic acid groups (broad SMARTS) is 1. The molecule has 0 spiro atoms. The van der Waals surface area contributed by atoms with Crippen LogP contribution in [0.4, 0.5) is 0 Å². The van der Waals surface area contributed by atoms with Crippen LogP contribution in [-0.4, -0.2) is 23.5 Å². The summed E-state index contributed by atoms with van der Waals surface area (Å²) in [5.41, 5.74) is 0.810. The van der Waals surface area contributed by atoms with Crippen LogP contribution in [0.1, 0.15) is 40.9 Å². The first-order valence-electron chi connectivity index (χ1n) is 6.18. The van der Waals surface area contributed by atoms with Crippen LogP contribution in [0.25, 0.3) is 0 Å². The summed E-state index contributed by atoms with van der Waals surface area (Å²) in [4.78, 5) is 23.5. The van der Waals surface area contributed by atoms with Gasteiger partial charge in [-0.15, -0.1) is 11.3 Å². The number of hydrogen-bond acceptors (Lipinski definition) is 3. The third kappa shape index (κ3) is 3.36. The summed E-state index contributed by atoms with van der Waals surface area (Å²) in [6.45, 7) is 2.39. The lowest BCUT2D eigenvalue weighted by molar-refractivity contribution is -0.141. The summed E-state index contributed by atoms with van der Waals surface area (Å²) in [7, 11) is 0. The summed E-state index contributed by atoms with van der Waals surface area (Å²) < 4.78 is 0.960. The third-order valence-electron chi connectivity index (χ3n) is 3.65. The van der Waals surface area contributed by atoms with E-state index < -0.39 is 5.97 Å². The van der Waals surface area contributed by atoms with Gasteiger partial charge in [0.25, 0.3) is 5.91 Å². The zero-order valence-corrected chi connectivity index (χ0v) is 13.1. The van der Waals surface area contributed by atoms with Gasteiger partial charge in [0.2, 0.25) is 0 Å². The molecule has 0 aliphatic heterocycles. The van der Waals surface area contributed by atoms with Crippen LogP contribution in [-0.2, 0) is 4.79 Å². The Balaban J connectivity index is 1.94. The van der Waals surface area contributed by atoms with Gasteiger partial charge in [-0.1, -0.05) is 6.42 Å². The standard InChI is InChI=1S/C13H16BrNO3S/c1-8-5-9(19-11(8)14)12(18)15-7-13(3-2-4-13)6-10(16)17/h5H,2-4,6-7H2,1H3,(H,15,18)(H,16,17). The SMILES string of the molecule is Cc1cc(C(=O)NCC2(CC(=O)O)CCC2)sc1Br. The number of halogens is 1. The van der Waals surface area contributed by atoms with Crippen LogP contribution >= 0.6 is 27.3 Å². The van der Waals surface area contributed by atoms with E-state index in [9.17, 15) is 9.59 Å². The van der Waals surface area contributed by atoms with Gasteiger partial charge in [0.05, 0.1) is 15.1 Å². The van der Waals surface area contributed by atoms with Crippen LogP contribution in [0.3, 0.4) is 0 Å². The number of rotatable bonds is 5. The Labute approximate surface area is 124 Å². The molecule has 0 atom stereocenters. The minimum absolute atomic E-state index is 0.115. The quantitative estimate of drug-likeness (QED) is 0.861. The Morgan fingerprint density at radius 2 is 2.21 bits per heavy atom. The normalized spacial score (nSPS) is 16.7. The maximum atomic E-state index is 12.0. The largest absolute Gasteiger partial charge is 0.481 e. The van der Waals surface area contributed by atoms with Crippen molar-refractivity contribution >= 4 is 39.1 Å². The van der Waals surface area contributed by atoms with Crippen molar-refractivity contribution in [2.75, 3.05) is 6.54 Å². The lowest BCUT2D eigenvalue weighted by atomic mass is 9.66. The minimum atomic E-state index is -0.788. The van der Waals surface area contributed by atoms with E-state index in [-0.39, 0.29) is 17.7 Å². The molecule has 1 aliphatic carbocycles. The highest BCUT2D eigenvalue weighted by Gasteiger charge is 2.39. The summed E-state index contributed by atoms with van der Waals surface area (Å²) in [5, 5.41) is 11.8. The average Bonchev–Trinajstić information content (AvgIpc) is 2.62. The molecule has 1 amide bonds. The van der Waals surface area contributed by atoms with Gasteiger partial charge >= 0.3 is 5.97 Å². The van der Waals surface area contributed by atoms with Crippen molar-refractivity contribution in [2.24, 2.45) is 5.41 Å². The molecule has 1 heterocycles. The number of aryl methyl sites for hydroxylation is 1. The van der Waals surface area contributed by atoms with Gasteiger partial charge in [0.15, 0.2) is 0 Å². The average molecular weight is 346 g/mol. The second-order valence-electron chi connectivity index (χ2n) is 5.17. The minimum Gasteiger partial charge on any atom is -0.481 e. The number of carbonyl (C=O) groups excluding carboxylic acids is 1. The number of nitrogens with one attached hydrogen (secondary N) is 1. The molecule has 1 aromatic rings. The molecule has 0 radical (unpaired) electrons. The van der Waals surface area contributed by atoms with Gasteiger partial charge in [0, 0.05) is 6.54 Å². The molecule has 0 aromatic carbocycles. The van der Waals surface area contributed by atoms with E-state index in [1.165, 1.54) is 11.3 Å². The lowest BCUT2D eigenvalue weighted by Gasteiger charge is -2.40. The lowest BCUT2D eigenvalue weighted by Crippen LogP contribution is -2.43. The van der Waals surface area contributed by atoms with Gasteiger partial charge < -0.3 is 10.4 Å². The molecular weight excluding hydrogens is 330 g/mol. The van der Waals surface area contributed by atoms with Gasteiger partial charge in [-0.05, 0) is 52.7 Å². The summed E-state index contributed by atoms with van der Waals surface area (Å²) in [5.74, 6) is -0.904. The van der Waals surface area contributed by atoms with E-state index >= 15 is 0 Å². The summed E-state index contributed by atoms with van der Waals surface area (Å²) in [6.07, 6.45) is 2.95. The summed E-state index contributed by atoms with van der Waals surface area (Å²) >= 11 is 4.79. The first-order valence-corrected chi connectivity index (χ1v) is 7.79. The molecule has 0 unspecified atom stereocenters. The van der Waals surface area contributed by atoms with Crippen molar-refractivity contribution in [3.63, 3.8) is 0 Å². The summed E-state index contributed by atoms with van der Waals surface area (Å²) in [6, 6.07) is 1.84. The molecule has 2 rings (SSSR count). The van der Waals surface area contributed by atoms with Crippen LogP contribution in [0.5, 0.6) is 0 Å². The fourth-order valence-electron chi connectivity index (χ4n) is 2.34. The Hall–Kier alpha value is -0.880. The number of aliphatic carboxylic acids is 1.